The highest BCUT2D eigenvalue weighted by Gasteiger charge is 2.05. The normalized spacial score (nSPS) is 10.6. The Kier molecular flexibility index (Phi) is 3.41. The van der Waals surface area contributed by atoms with Gasteiger partial charge in [-0.15, -0.1) is 0 Å². The van der Waals surface area contributed by atoms with Crippen LogP contribution in [0, 0.1) is 6.92 Å². The SMILES string of the molecule is CCn1nc(NCc2ccc(O)cc2O)cc1C. The number of benzene rings is 1. The highest BCUT2D eigenvalue weighted by Crippen LogP contribution is 2.23. The average Bonchev–Trinajstić information content (AvgIpc) is 2.69. The first kappa shape index (κ1) is 12.3. The number of phenolic OH excluding ortho intramolecular Hbond substituents is 2. The number of aromatic hydroxyl groups is 2. The van der Waals surface area contributed by atoms with Gasteiger partial charge in [0.1, 0.15) is 17.3 Å². The Morgan fingerprint density at radius 2 is 2.06 bits per heavy atom. The van der Waals surface area contributed by atoms with Crippen molar-refractivity contribution in [2.45, 2.75) is 26.9 Å². The summed E-state index contributed by atoms with van der Waals surface area (Å²) in [5.41, 5.74) is 1.81. The van der Waals surface area contributed by atoms with E-state index in [0.29, 0.717) is 6.54 Å². The Morgan fingerprint density at radius 3 is 2.67 bits per heavy atom. The lowest BCUT2D eigenvalue weighted by Crippen LogP contribution is -2.02. The second-order valence-electron chi connectivity index (χ2n) is 4.15. The lowest BCUT2D eigenvalue weighted by atomic mass is 10.2. The largest absolute Gasteiger partial charge is 0.508 e. The molecule has 0 bridgehead atoms. The fourth-order valence-electron chi connectivity index (χ4n) is 1.80. The van der Waals surface area contributed by atoms with Gasteiger partial charge < -0.3 is 15.5 Å². The molecule has 0 aliphatic heterocycles. The third kappa shape index (κ3) is 2.56. The van der Waals surface area contributed by atoms with Crippen LogP contribution < -0.4 is 5.32 Å². The second kappa shape index (κ2) is 5.00. The molecule has 0 saturated heterocycles. The van der Waals surface area contributed by atoms with E-state index in [2.05, 4.69) is 10.4 Å². The molecule has 18 heavy (non-hydrogen) atoms. The Hall–Kier alpha value is -2.17. The van der Waals surface area contributed by atoms with Crippen LogP contribution in [0.2, 0.25) is 0 Å². The van der Waals surface area contributed by atoms with E-state index in [1.165, 1.54) is 6.07 Å². The van der Waals surface area contributed by atoms with Gasteiger partial charge in [-0.3, -0.25) is 4.68 Å². The zero-order chi connectivity index (χ0) is 13.1. The van der Waals surface area contributed by atoms with Gasteiger partial charge in [-0.05, 0) is 26.0 Å². The van der Waals surface area contributed by atoms with Crippen molar-refractivity contribution in [3.05, 3.63) is 35.5 Å². The van der Waals surface area contributed by atoms with Gasteiger partial charge >= 0.3 is 0 Å². The van der Waals surface area contributed by atoms with Gasteiger partial charge in [-0.25, -0.2) is 0 Å². The number of aryl methyl sites for hydroxylation is 2. The Labute approximate surface area is 106 Å². The summed E-state index contributed by atoms with van der Waals surface area (Å²) in [7, 11) is 0. The molecule has 0 saturated carbocycles. The first-order valence-corrected chi connectivity index (χ1v) is 5.89. The van der Waals surface area contributed by atoms with Crippen LogP contribution >= 0.6 is 0 Å². The summed E-state index contributed by atoms with van der Waals surface area (Å²) in [6.07, 6.45) is 0. The second-order valence-corrected chi connectivity index (χ2v) is 4.15. The van der Waals surface area contributed by atoms with Crippen molar-refractivity contribution >= 4 is 5.82 Å². The van der Waals surface area contributed by atoms with E-state index in [1.54, 1.807) is 12.1 Å². The summed E-state index contributed by atoms with van der Waals surface area (Å²) in [4.78, 5) is 0. The zero-order valence-electron chi connectivity index (χ0n) is 10.5. The summed E-state index contributed by atoms with van der Waals surface area (Å²) in [5, 5.41) is 26.4. The first-order chi connectivity index (χ1) is 8.60. The summed E-state index contributed by atoms with van der Waals surface area (Å²) < 4.78 is 1.90. The number of hydrogen-bond acceptors (Lipinski definition) is 4. The molecule has 1 aromatic carbocycles. The maximum atomic E-state index is 9.65. The van der Waals surface area contributed by atoms with E-state index in [9.17, 15) is 10.2 Å². The standard InChI is InChI=1S/C13H17N3O2/c1-3-16-9(2)6-13(15-16)14-8-10-4-5-11(17)7-12(10)18/h4-7,17-18H,3,8H2,1-2H3,(H,14,15). The zero-order valence-corrected chi connectivity index (χ0v) is 10.5. The third-order valence-corrected chi connectivity index (χ3v) is 2.81. The van der Waals surface area contributed by atoms with Crippen molar-refractivity contribution < 1.29 is 10.2 Å². The molecular weight excluding hydrogens is 230 g/mol. The van der Waals surface area contributed by atoms with Crippen molar-refractivity contribution in [3.8, 4) is 11.5 Å². The molecule has 96 valence electrons. The van der Waals surface area contributed by atoms with Crippen molar-refractivity contribution in [3.63, 3.8) is 0 Å². The fourth-order valence-corrected chi connectivity index (χ4v) is 1.80. The quantitative estimate of drug-likeness (QED) is 0.775. The Morgan fingerprint density at radius 1 is 1.28 bits per heavy atom. The smallest absolute Gasteiger partial charge is 0.148 e. The topological polar surface area (TPSA) is 70.3 Å². The summed E-state index contributed by atoms with van der Waals surface area (Å²) in [5.74, 6) is 0.915. The van der Waals surface area contributed by atoms with Crippen LogP contribution in [-0.4, -0.2) is 20.0 Å². The van der Waals surface area contributed by atoms with E-state index in [0.717, 1.165) is 23.6 Å². The number of nitrogens with one attached hydrogen (secondary N) is 1. The molecule has 0 radical (unpaired) electrons. The minimum Gasteiger partial charge on any atom is -0.508 e. The fraction of sp³-hybridized carbons (Fsp3) is 0.308. The number of nitrogens with zero attached hydrogens (tertiary/aromatic N) is 2. The molecule has 2 rings (SSSR count). The van der Waals surface area contributed by atoms with Gasteiger partial charge in [0, 0.05) is 36.5 Å². The Balaban J connectivity index is 2.06. The molecule has 3 N–H and O–H groups in total. The van der Waals surface area contributed by atoms with Crippen LogP contribution in [0.1, 0.15) is 18.2 Å². The summed E-state index contributed by atoms with van der Waals surface area (Å²) in [6, 6.07) is 6.52. The van der Waals surface area contributed by atoms with Gasteiger partial charge in [-0.2, -0.15) is 5.10 Å². The lowest BCUT2D eigenvalue weighted by Gasteiger charge is -2.06. The summed E-state index contributed by atoms with van der Waals surface area (Å²) in [6.45, 7) is 5.33. The van der Waals surface area contributed by atoms with Crippen molar-refractivity contribution in [1.29, 1.82) is 0 Å². The lowest BCUT2D eigenvalue weighted by molar-refractivity contribution is 0.446. The number of aromatic nitrogens is 2. The minimum absolute atomic E-state index is 0.0577. The molecule has 0 amide bonds. The van der Waals surface area contributed by atoms with Crippen LogP contribution in [0.3, 0.4) is 0 Å². The molecule has 0 spiro atoms. The van der Waals surface area contributed by atoms with Gasteiger partial charge in [0.25, 0.3) is 0 Å². The number of phenols is 2. The van der Waals surface area contributed by atoms with Crippen molar-refractivity contribution in [2.75, 3.05) is 5.32 Å². The molecule has 0 aliphatic carbocycles. The van der Waals surface area contributed by atoms with E-state index in [-0.39, 0.29) is 11.5 Å². The minimum atomic E-state index is 0.0577. The van der Waals surface area contributed by atoms with E-state index in [4.69, 9.17) is 0 Å². The number of rotatable bonds is 4. The molecule has 0 unspecified atom stereocenters. The number of hydrogen-bond donors (Lipinski definition) is 3. The third-order valence-electron chi connectivity index (χ3n) is 2.81. The van der Waals surface area contributed by atoms with Crippen LogP contribution in [0.25, 0.3) is 0 Å². The predicted molar refractivity (Wildman–Crippen MR) is 69.7 cm³/mol. The molecule has 1 heterocycles. The predicted octanol–water partition coefficient (Wildman–Crippen LogP) is 2.23. The monoisotopic (exact) mass is 247 g/mol. The molecular formula is C13H17N3O2. The van der Waals surface area contributed by atoms with Gasteiger partial charge in [0.15, 0.2) is 0 Å². The van der Waals surface area contributed by atoms with Gasteiger partial charge in [-0.1, -0.05) is 0 Å². The highest BCUT2D eigenvalue weighted by molar-refractivity contribution is 5.42. The first-order valence-electron chi connectivity index (χ1n) is 5.89. The Bertz CT molecular complexity index is 549. The molecule has 5 nitrogen and oxygen atoms in total. The molecule has 0 aliphatic rings. The maximum Gasteiger partial charge on any atom is 0.148 e. The number of anilines is 1. The van der Waals surface area contributed by atoms with Gasteiger partial charge in [0.2, 0.25) is 0 Å². The van der Waals surface area contributed by atoms with E-state index >= 15 is 0 Å². The molecule has 0 atom stereocenters. The van der Waals surface area contributed by atoms with Crippen LogP contribution in [-0.2, 0) is 13.1 Å². The maximum absolute atomic E-state index is 9.65. The van der Waals surface area contributed by atoms with Crippen LogP contribution in [0.4, 0.5) is 5.82 Å². The molecule has 5 heteroatoms. The molecule has 2 aromatic rings. The van der Waals surface area contributed by atoms with Crippen LogP contribution in [0.5, 0.6) is 11.5 Å². The molecule has 0 fully saturated rings. The molecule has 1 aromatic heterocycles. The van der Waals surface area contributed by atoms with E-state index < -0.39 is 0 Å². The van der Waals surface area contributed by atoms with Crippen LogP contribution in [0.15, 0.2) is 24.3 Å². The highest BCUT2D eigenvalue weighted by atomic mass is 16.3. The van der Waals surface area contributed by atoms with Crippen molar-refractivity contribution in [2.24, 2.45) is 0 Å². The van der Waals surface area contributed by atoms with Gasteiger partial charge in [0.05, 0.1) is 0 Å². The average molecular weight is 247 g/mol. The van der Waals surface area contributed by atoms with Crippen molar-refractivity contribution in [1.82, 2.24) is 9.78 Å². The van der Waals surface area contributed by atoms with E-state index in [1.807, 2.05) is 24.6 Å². The summed E-state index contributed by atoms with van der Waals surface area (Å²) >= 11 is 0.